The highest BCUT2D eigenvalue weighted by Crippen LogP contribution is 2.36. The van der Waals surface area contributed by atoms with Crippen LogP contribution in [0.4, 0.5) is 24.0 Å². The molecule has 0 fully saturated rings. The van der Waals surface area contributed by atoms with Gasteiger partial charge in [0, 0.05) is 41.3 Å². The smallest absolute Gasteiger partial charge is 0.395 e. The van der Waals surface area contributed by atoms with Crippen LogP contribution in [0.15, 0.2) is 53.9 Å². The lowest BCUT2D eigenvalue weighted by Gasteiger charge is -2.23. The molecule has 0 amide bonds. The minimum absolute atomic E-state index is 0.0683. The average Bonchev–Trinajstić information content (AvgIpc) is 3.26. The number of aromatic nitrogens is 1. The average molecular weight is 500 g/mol. The molecular weight excluding hydrogens is 475 g/mol. The van der Waals surface area contributed by atoms with Crippen LogP contribution in [0.5, 0.6) is 0 Å². The van der Waals surface area contributed by atoms with Gasteiger partial charge < -0.3 is 19.6 Å². The van der Waals surface area contributed by atoms with Gasteiger partial charge in [0.2, 0.25) is 0 Å². The van der Waals surface area contributed by atoms with E-state index in [4.69, 9.17) is 21.4 Å². The molecule has 1 heterocycles. The van der Waals surface area contributed by atoms with Crippen molar-refractivity contribution in [1.82, 2.24) is 9.88 Å². The Kier molecular flexibility index (Phi) is 9.10. The standard InChI is InChI=1S/C23H25ClF3N3O2S/c1-29(8-11-31)9-12-32-13-10-30(20-7-3-5-18(15-20)23(25,26)27)22-28-21(16-33-22)17-4-2-6-19(24)14-17/h2-7,14-16,31H,8-13H2,1H3. The zero-order valence-electron chi connectivity index (χ0n) is 18.1. The second-order valence-electron chi connectivity index (χ2n) is 7.36. The maximum absolute atomic E-state index is 13.3. The van der Waals surface area contributed by atoms with Crippen molar-refractivity contribution >= 4 is 33.8 Å². The Morgan fingerprint density at radius 3 is 2.55 bits per heavy atom. The van der Waals surface area contributed by atoms with Crippen LogP contribution in [0.25, 0.3) is 11.3 Å². The van der Waals surface area contributed by atoms with E-state index in [2.05, 4.69) is 4.98 Å². The van der Waals surface area contributed by atoms with Crippen LogP contribution in [0.1, 0.15) is 5.56 Å². The number of ether oxygens (including phenoxy) is 1. The number of anilines is 2. The highest BCUT2D eigenvalue weighted by molar-refractivity contribution is 7.14. The van der Waals surface area contributed by atoms with E-state index in [1.807, 2.05) is 29.5 Å². The molecule has 178 valence electrons. The van der Waals surface area contributed by atoms with Gasteiger partial charge in [-0.3, -0.25) is 0 Å². The van der Waals surface area contributed by atoms with Crippen molar-refractivity contribution in [2.24, 2.45) is 0 Å². The summed E-state index contributed by atoms with van der Waals surface area (Å²) in [4.78, 5) is 8.32. The number of aliphatic hydroxyl groups excluding tert-OH is 1. The van der Waals surface area contributed by atoms with E-state index in [0.717, 1.165) is 17.7 Å². The molecule has 10 heteroatoms. The number of nitrogens with zero attached hydrogens (tertiary/aromatic N) is 3. The van der Waals surface area contributed by atoms with E-state index in [9.17, 15) is 13.2 Å². The van der Waals surface area contributed by atoms with Crippen LogP contribution in [0, 0.1) is 0 Å². The molecule has 0 saturated carbocycles. The molecule has 0 bridgehead atoms. The summed E-state index contributed by atoms with van der Waals surface area (Å²) in [5, 5.41) is 12.0. The van der Waals surface area contributed by atoms with Crippen LogP contribution in [0.2, 0.25) is 5.02 Å². The molecule has 3 rings (SSSR count). The maximum atomic E-state index is 13.3. The number of benzene rings is 2. The van der Waals surface area contributed by atoms with Crippen LogP contribution in [0.3, 0.4) is 0 Å². The summed E-state index contributed by atoms with van der Waals surface area (Å²) in [5.74, 6) is 0. The predicted octanol–water partition coefficient (Wildman–Crippen LogP) is 5.56. The highest BCUT2D eigenvalue weighted by atomic mass is 35.5. The molecule has 0 aliphatic carbocycles. The molecule has 0 atom stereocenters. The first-order valence-corrected chi connectivity index (χ1v) is 11.6. The van der Waals surface area contributed by atoms with E-state index >= 15 is 0 Å². The number of likely N-dealkylation sites (N-methyl/N-ethyl adjacent to an activating group) is 1. The van der Waals surface area contributed by atoms with Gasteiger partial charge in [0.1, 0.15) is 0 Å². The molecule has 0 spiro atoms. The minimum Gasteiger partial charge on any atom is -0.395 e. The van der Waals surface area contributed by atoms with Crippen LogP contribution < -0.4 is 4.90 Å². The molecule has 0 unspecified atom stereocenters. The van der Waals surface area contributed by atoms with Gasteiger partial charge in [0.25, 0.3) is 0 Å². The summed E-state index contributed by atoms with van der Waals surface area (Å²) in [6.07, 6.45) is -4.44. The van der Waals surface area contributed by atoms with Crippen molar-refractivity contribution in [2.45, 2.75) is 6.18 Å². The van der Waals surface area contributed by atoms with E-state index in [1.54, 1.807) is 23.1 Å². The fraction of sp³-hybridized carbons (Fsp3) is 0.348. The molecule has 0 radical (unpaired) electrons. The first-order chi connectivity index (χ1) is 15.8. The molecule has 0 saturated heterocycles. The number of halogens is 4. The quantitative estimate of drug-likeness (QED) is 0.350. The molecule has 5 nitrogen and oxygen atoms in total. The first kappa shape index (κ1) is 25.5. The number of aliphatic hydroxyl groups is 1. The largest absolute Gasteiger partial charge is 0.416 e. The van der Waals surface area contributed by atoms with Crippen molar-refractivity contribution < 1.29 is 23.0 Å². The molecule has 33 heavy (non-hydrogen) atoms. The Labute approximate surface area is 200 Å². The Bertz CT molecular complexity index is 1030. The van der Waals surface area contributed by atoms with Crippen molar-refractivity contribution in [3.05, 3.63) is 64.5 Å². The van der Waals surface area contributed by atoms with Gasteiger partial charge in [-0.2, -0.15) is 13.2 Å². The van der Waals surface area contributed by atoms with Crippen molar-refractivity contribution in [1.29, 1.82) is 0 Å². The van der Waals surface area contributed by atoms with Crippen molar-refractivity contribution in [3.63, 3.8) is 0 Å². The molecular formula is C23H25ClF3N3O2S. The van der Waals surface area contributed by atoms with Crippen LogP contribution >= 0.6 is 22.9 Å². The Hall–Kier alpha value is -2.17. The van der Waals surface area contributed by atoms with Gasteiger partial charge >= 0.3 is 6.18 Å². The fourth-order valence-electron chi connectivity index (χ4n) is 3.11. The predicted molar refractivity (Wildman–Crippen MR) is 126 cm³/mol. The lowest BCUT2D eigenvalue weighted by Crippen LogP contribution is -2.28. The summed E-state index contributed by atoms with van der Waals surface area (Å²) in [5.41, 5.74) is 1.19. The summed E-state index contributed by atoms with van der Waals surface area (Å²) < 4.78 is 45.6. The SMILES string of the molecule is CN(CCO)CCOCCN(c1cccc(C(F)(F)F)c1)c1nc(-c2cccc(Cl)c2)cs1. The molecule has 0 aliphatic heterocycles. The van der Waals surface area contributed by atoms with Gasteiger partial charge in [0.05, 0.1) is 31.1 Å². The lowest BCUT2D eigenvalue weighted by molar-refractivity contribution is -0.137. The molecule has 1 N–H and O–H groups in total. The van der Waals surface area contributed by atoms with Crippen molar-refractivity contribution in [2.75, 3.05) is 51.4 Å². The summed E-state index contributed by atoms with van der Waals surface area (Å²) >= 11 is 7.43. The number of thiazole rings is 1. The molecule has 1 aromatic heterocycles. The second-order valence-corrected chi connectivity index (χ2v) is 8.64. The van der Waals surface area contributed by atoms with E-state index in [1.165, 1.54) is 17.4 Å². The zero-order chi connectivity index (χ0) is 23.8. The Morgan fingerprint density at radius 1 is 1.06 bits per heavy atom. The minimum atomic E-state index is -4.44. The summed E-state index contributed by atoms with van der Waals surface area (Å²) in [7, 11) is 1.88. The van der Waals surface area contributed by atoms with Gasteiger partial charge in [-0.1, -0.05) is 29.8 Å². The molecule has 2 aromatic carbocycles. The second kappa shape index (κ2) is 11.8. The van der Waals surface area contributed by atoms with Gasteiger partial charge in [-0.25, -0.2) is 4.98 Å². The first-order valence-electron chi connectivity index (χ1n) is 10.3. The third-order valence-corrected chi connectivity index (χ3v) is 5.99. The third-order valence-electron chi connectivity index (χ3n) is 4.89. The zero-order valence-corrected chi connectivity index (χ0v) is 19.6. The van der Waals surface area contributed by atoms with Gasteiger partial charge in [-0.15, -0.1) is 11.3 Å². The monoisotopic (exact) mass is 499 g/mol. The number of rotatable bonds is 11. The van der Waals surface area contributed by atoms with E-state index in [0.29, 0.717) is 54.4 Å². The van der Waals surface area contributed by atoms with Crippen LogP contribution in [-0.2, 0) is 10.9 Å². The van der Waals surface area contributed by atoms with E-state index < -0.39 is 11.7 Å². The third kappa shape index (κ3) is 7.41. The van der Waals surface area contributed by atoms with Crippen molar-refractivity contribution in [3.8, 4) is 11.3 Å². The maximum Gasteiger partial charge on any atom is 0.416 e. The Balaban J connectivity index is 1.79. The molecule has 3 aromatic rings. The molecule has 0 aliphatic rings. The topological polar surface area (TPSA) is 48.8 Å². The van der Waals surface area contributed by atoms with E-state index in [-0.39, 0.29) is 6.61 Å². The van der Waals surface area contributed by atoms with Gasteiger partial charge in [0.15, 0.2) is 5.13 Å². The van der Waals surface area contributed by atoms with Crippen LogP contribution in [-0.4, -0.2) is 61.5 Å². The number of alkyl halides is 3. The Morgan fingerprint density at radius 2 is 1.82 bits per heavy atom. The lowest BCUT2D eigenvalue weighted by atomic mass is 10.2. The summed E-state index contributed by atoms with van der Waals surface area (Å²) in [6, 6.07) is 12.5. The number of hydrogen-bond donors (Lipinski definition) is 1. The summed E-state index contributed by atoms with van der Waals surface area (Å²) in [6.45, 7) is 2.33. The highest BCUT2D eigenvalue weighted by Gasteiger charge is 2.31. The van der Waals surface area contributed by atoms with Gasteiger partial charge in [-0.05, 0) is 37.4 Å². The fourth-order valence-corrected chi connectivity index (χ4v) is 4.19. The normalized spacial score (nSPS) is 11.8. The number of hydrogen-bond acceptors (Lipinski definition) is 6.